The molecule has 0 aromatic carbocycles. The summed E-state index contributed by atoms with van der Waals surface area (Å²) in [5.41, 5.74) is 0. The number of hydrogen-bond acceptors (Lipinski definition) is 2. The van der Waals surface area contributed by atoms with E-state index < -0.39 is 0 Å². The van der Waals surface area contributed by atoms with E-state index in [2.05, 4.69) is 13.8 Å². The van der Waals surface area contributed by atoms with Gasteiger partial charge in [-0.3, -0.25) is 0 Å². The minimum atomic E-state index is 0.943. The zero-order valence-corrected chi connectivity index (χ0v) is 29.5. The maximum absolute atomic E-state index is 5.26. The van der Waals surface area contributed by atoms with Crippen LogP contribution in [0.2, 0.25) is 0 Å². The molecule has 42 heavy (non-hydrogen) atoms. The molecule has 0 aliphatic heterocycles. The predicted octanol–water partition coefficient (Wildman–Crippen LogP) is 13.0. The third kappa shape index (κ3) is 16.3. The van der Waals surface area contributed by atoms with Crippen LogP contribution in [0.5, 0.6) is 0 Å². The van der Waals surface area contributed by atoms with Crippen molar-refractivity contribution in [3.05, 3.63) is 0 Å². The number of rotatable bonds is 28. The average molecular weight is 591 g/mol. The Bertz CT molecular complexity index is 576. The quantitative estimate of drug-likeness (QED) is 0.0844. The molecular formula is C40H78O2. The number of fused-ring (bicyclic) bond motifs is 1. The SMILES string of the molecule is CCCCCCC1CC2CCC(CCCCCCCCOC)C(CCCCCCCCOC)C2CC1CCCCCC. The van der Waals surface area contributed by atoms with E-state index in [0.29, 0.717) is 0 Å². The summed E-state index contributed by atoms with van der Waals surface area (Å²) in [6.07, 6.45) is 40.9. The smallest absolute Gasteiger partial charge is 0.0462 e. The van der Waals surface area contributed by atoms with Crippen molar-refractivity contribution in [3.63, 3.8) is 0 Å². The molecule has 2 saturated carbocycles. The van der Waals surface area contributed by atoms with Crippen molar-refractivity contribution < 1.29 is 9.47 Å². The van der Waals surface area contributed by atoms with E-state index in [1.165, 1.54) is 135 Å². The Hall–Kier alpha value is -0.0800. The molecule has 0 saturated heterocycles. The first-order valence-electron chi connectivity index (χ1n) is 19.7. The highest BCUT2D eigenvalue weighted by atomic mass is 16.5. The van der Waals surface area contributed by atoms with Gasteiger partial charge in [0.05, 0.1) is 0 Å². The van der Waals surface area contributed by atoms with Crippen molar-refractivity contribution in [3.8, 4) is 0 Å². The van der Waals surface area contributed by atoms with E-state index in [1.54, 1.807) is 44.9 Å². The third-order valence-corrected chi connectivity index (χ3v) is 11.7. The molecule has 0 radical (unpaired) electrons. The molecule has 2 heteroatoms. The monoisotopic (exact) mass is 591 g/mol. The number of unbranched alkanes of at least 4 members (excludes halogenated alkanes) is 16. The van der Waals surface area contributed by atoms with Gasteiger partial charge in [-0.15, -0.1) is 0 Å². The van der Waals surface area contributed by atoms with Gasteiger partial charge < -0.3 is 9.47 Å². The molecule has 2 nitrogen and oxygen atoms in total. The van der Waals surface area contributed by atoms with Gasteiger partial charge in [0, 0.05) is 27.4 Å². The minimum Gasteiger partial charge on any atom is -0.385 e. The standard InChI is InChI=1S/C40H78O2/c1-5-7-9-19-26-36-33-38-30-29-35(25-21-15-11-13-17-23-31-41-3)39(28-22-16-12-14-18-24-32-42-4)40(38)34-37(36)27-20-10-8-6-2/h35-40H,5-34H2,1-4H3. The number of ether oxygens (including phenoxy) is 2. The van der Waals surface area contributed by atoms with Crippen molar-refractivity contribution in [1.82, 2.24) is 0 Å². The Balaban J connectivity index is 1.94. The molecule has 0 aromatic rings. The third-order valence-electron chi connectivity index (χ3n) is 11.7. The molecule has 0 spiro atoms. The summed E-state index contributed by atoms with van der Waals surface area (Å²) in [5.74, 6) is 6.28. The van der Waals surface area contributed by atoms with Crippen LogP contribution in [0.4, 0.5) is 0 Å². The van der Waals surface area contributed by atoms with Crippen LogP contribution in [0.25, 0.3) is 0 Å². The summed E-state index contributed by atoms with van der Waals surface area (Å²) in [4.78, 5) is 0. The first-order chi connectivity index (χ1) is 20.7. The fourth-order valence-corrected chi connectivity index (χ4v) is 9.21. The van der Waals surface area contributed by atoms with Crippen LogP contribution in [-0.4, -0.2) is 27.4 Å². The van der Waals surface area contributed by atoms with Crippen molar-refractivity contribution >= 4 is 0 Å². The van der Waals surface area contributed by atoms with E-state index >= 15 is 0 Å². The second-order valence-corrected chi connectivity index (χ2v) is 14.9. The normalized spacial score (nSPS) is 26.0. The highest BCUT2D eigenvalue weighted by Gasteiger charge is 2.44. The maximum Gasteiger partial charge on any atom is 0.0462 e. The van der Waals surface area contributed by atoms with E-state index in [9.17, 15) is 0 Å². The first kappa shape index (κ1) is 38.1. The second-order valence-electron chi connectivity index (χ2n) is 14.9. The summed E-state index contributed by atoms with van der Waals surface area (Å²) >= 11 is 0. The lowest BCUT2D eigenvalue weighted by molar-refractivity contribution is -0.00866. The Morgan fingerprint density at radius 2 is 0.857 bits per heavy atom. The first-order valence-corrected chi connectivity index (χ1v) is 19.7. The lowest BCUT2D eigenvalue weighted by Gasteiger charge is -2.51. The van der Waals surface area contributed by atoms with Crippen molar-refractivity contribution in [2.24, 2.45) is 35.5 Å². The molecule has 0 aromatic heterocycles. The molecule has 0 amide bonds. The van der Waals surface area contributed by atoms with Gasteiger partial charge in [0.1, 0.15) is 0 Å². The molecule has 6 atom stereocenters. The molecule has 0 heterocycles. The summed E-state index contributed by atoms with van der Waals surface area (Å²) in [6.45, 7) is 6.62. The molecule has 2 aliphatic rings. The summed E-state index contributed by atoms with van der Waals surface area (Å²) in [5, 5.41) is 0. The molecular weight excluding hydrogens is 512 g/mol. The fourth-order valence-electron chi connectivity index (χ4n) is 9.21. The molecule has 2 aliphatic carbocycles. The Kier molecular flexibility index (Phi) is 23.7. The second kappa shape index (κ2) is 26.2. The maximum atomic E-state index is 5.26. The highest BCUT2D eigenvalue weighted by Crippen LogP contribution is 2.54. The Labute approximate surface area is 265 Å². The van der Waals surface area contributed by atoms with Crippen LogP contribution in [0.1, 0.15) is 194 Å². The topological polar surface area (TPSA) is 18.5 Å². The number of methoxy groups -OCH3 is 2. The number of hydrogen-bond donors (Lipinski definition) is 0. The predicted molar refractivity (Wildman–Crippen MR) is 185 cm³/mol. The Morgan fingerprint density at radius 1 is 0.429 bits per heavy atom. The van der Waals surface area contributed by atoms with Gasteiger partial charge in [0.15, 0.2) is 0 Å². The van der Waals surface area contributed by atoms with Gasteiger partial charge in [-0.1, -0.05) is 149 Å². The van der Waals surface area contributed by atoms with Crippen LogP contribution in [0, 0.1) is 35.5 Å². The summed E-state index contributed by atoms with van der Waals surface area (Å²) in [6, 6.07) is 0. The van der Waals surface area contributed by atoms with Gasteiger partial charge in [-0.25, -0.2) is 0 Å². The molecule has 2 fully saturated rings. The minimum absolute atomic E-state index is 0.943. The van der Waals surface area contributed by atoms with Gasteiger partial charge >= 0.3 is 0 Å². The lowest BCUT2D eigenvalue weighted by Crippen LogP contribution is -2.42. The highest BCUT2D eigenvalue weighted by molar-refractivity contribution is 4.94. The fraction of sp³-hybridized carbons (Fsp3) is 1.00. The van der Waals surface area contributed by atoms with Crippen molar-refractivity contribution in [2.45, 2.75) is 194 Å². The average Bonchev–Trinajstić information content (AvgIpc) is 3.00. The van der Waals surface area contributed by atoms with Gasteiger partial charge in [-0.2, -0.15) is 0 Å². The van der Waals surface area contributed by atoms with Crippen LogP contribution >= 0.6 is 0 Å². The van der Waals surface area contributed by atoms with E-state index in [-0.39, 0.29) is 0 Å². The molecule has 250 valence electrons. The van der Waals surface area contributed by atoms with E-state index in [4.69, 9.17) is 9.47 Å². The van der Waals surface area contributed by atoms with Crippen LogP contribution in [0.15, 0.2) is 0 Å². The zero-order valence-electron chi connectivity index (χ0n) is 29.5. The van der Waals surface area contributed by atoms with Crippen molar-refractivity contribution in [1.29, 1.82) is 0 Å². The van der Waals surface area contributed by atoms with Gasteiger partial charge in [-0.05, 0) is 80.5 Å². The molecule has 2 rings (SSSR count). The van der Waals surface area contributed by atoms with Crippen molar-refractivity contribution in [2.75, 3.05) is 27.4 Å². The summed E-state index contributed by atoms with van der Waals surface area (Å²) in [7, 11) is 3.68. The lowest BCUT2D eigenvalue weighted by atomic mass is 9.54. The van der Waals surface area contributed by atoms with Crippen LogP contribution < -0.4 is 0 Å². The van der Waals surface area contributed by atoms with Crippen LogP contribution in [0.3, 0.4) is 0 Å². The molecule has 0 N–H and O–H groups in total. The van der Waals surface area contributed by atoms with Gasteiger partial charge in [0.25, 0.3) is 0 Å². The molecule has 6 unspecified atom stereocenters. The Morgan fingerprint density at radius 3 is 1.38 bits per heavy atom. The van der Waals surface area contributed by atoms with Crippen LogP contribution in [-0.2, 0) is 9.47 Å². The largest absolute Gasteiger partial charge is 0.385 e. The van der Waals surface area contributed by atoms with E-state index in [0.717, 1.165) is 48.7 Å². The zero-order chi connectivity index (χ0) is 30.1. The molecule has 0 bridgehead atoms. The summed E-state index contributed by atoms with van der Waals surface area (Å²) < 4.78 is 10.5. The van der Waals surface area contributed by atoms with Gasteiger partial charge in [0.2, 0.25) is 0 Å². The van der Waals surface area contributed by atoms with E-state index in [1.807, 2.05) is 14.2 Å².